The van der Waals surface area contributed by atoms with Crippen LogP contribution in [0.1, 0.15) is 76.2 Å². The van der Waals surface area contributed by atoms with Gasteiger partial charge >= 0.3 is 11.8 Å². The molecule has 1 aromatic heterocycles. The number of carbonyl (C=O) groups excluding carboxylic acids is 2. The van der Waals surface area contributed by atoms with Crippen LogP contribution in [0.2, 0.25) is 0 Å². The zero-order chi connectivity index (χ0) is 18.5. The molecule has 1 saturated carbocycles. The lowest BCUT2D eigenvalue weighted by molar-refractivity contribution is -0.139. The first-order valence-corrected chi connectivity index (χ1v) is 9.78. The second-order valence-corrected chi connectivity index (χ2v) is 6.84. The van der Waals surface area contributed by atoms with Crippen LogP contribution in [-0.2, 0) is 16.1 Å². The van der Waals surface area contributed by atoms with Crippen LogP contribution in [-0.4, -0.2) is 22.5 Å². The van der Waals surface area contributed by atoms with Gasteiger partial charge in [0.25, 0.3) is 0 Å². The summed E-state index contributed by atoms with van der Waals surface area (Å²) in [6.07, 6.45) is 16.3. The van der Waals surface area contributed by atoms with Gasteiger partial charge in [0.2, 0.25) is 0 Å². The summed E-state index contributed by atoms with van der Waals surface area (Å²) in [7, 11) is 0. The van der Waals surface area contributed by atoms with Crippen LogP contribution in [0.3, 0.4) is 0 Å². The first-order valence-electron chi connectivity index (χ1n) is 9.78. The van der Waals surface area contributed by atoms with Gasteiger partial charge in [-0.2, -0.15) is 5.10 Å². The molecule has 1 aliphatic rings. The quantitative estimate of drug-likeness (QED) is 0.641. The van der Waals surface area contributed by atoms with Crippen molar-refractivity contribution < 1.29 is 9.59 Å². The van der Waals surface area contributed by atoms with E-state index in [2.05, 4.69) is 20.8 Å². The summed E-state index contributed by atoms with van der Waals surface area (Å²) in [5.74, 6) is -1.39. The summed E-state index contributed by atoms with van der Waals surface area (Å²) in [5, 5.41) is 6.81. The van der Waals surface area contributed by atoms with Crippen molar-refractivity contribution in [3.8, 4) is 0 Å². The molecule has 0 saturated heterocycles. The van der Waals surface area contributed by atoms with E-state index in [1.165, 1.54) is 44.9 Å². The van der Waals surface area contributed by atoms with Crippen LogP contribution < -0.4 is 10.7 Å². The molecule has 142 valence electrons. The number of nitrogens with zero attached hydrogens (tertiary/aromatic N) is 2. The molecule has 2 amide bonds. The minimum Gasteiger partial charge on any atom is -0.344 e. The van der Waals surface area contributed by atoms with E-state index >= 15 is 0 Å². The Morgan fingerprint density at radius 3 is 2.12 bits per heavy atom. The molecule has 2 N–H and O–H groups in total. The van der Waals surface area contributed by atoms with E-state index in [9.17, 15) is 9.59 Å². The number of amides is 2. The molecule has 1 aliphatic carbocycles. The Hall–Kier alpha value is -2.24. The van der Waals surface area contributed by atoms with Gasteiger partial charge in [0.1, 0.15) is 0 Å². The molecule has 26 heavy (non-hydrogen) atoms. The van der Waals surface area contributed by atoms with Crippen LogP contribution in [0, 0.1) is 0 Å². The lowest BCUT2D eigenvalue weighted by Crippen LogP contribution is -2.37. The number of hydrogen-bond acceptors (Lipinski definition) is 4. The van der Waals surface area contributed by atoms with Crippen LogP contribution in [0.25, 0.3) is 0 Å². The third-order valence-corrected chi connectivity index (χ3v) is 4.63. The van der Waals surface area contributed by atoms with E-state index < -0.39 is 11.8 Å². The fraction of sp³-hybridized carbons (Fsp3) is 0.600. The molecule has 6 heteroatoms. The molecule has 0 aliphatic heterocycles. The molecule has 0 atom stereocenters. The molecule has 2 rings (SSSR count). The van der Waals surface area contributed by atoms with E-state index in [1.54, 1.807) is 18.5 Å². The minimum absolute atomic E-state index is 0.274. The summed E-state index contributed by atoms with van der Waals surface area (Å²) in [5.41, 5.74) is 4.27. The third kappa shape index (κ3) is 8.23. The van der Waals surface area contributed by atoms with Crippen LogP contribution in [0.5, 0.6) is 0 Å². The Morgan fingerprint density at radius 1 is 0.923 bits per heavy atom. The van der Waals surface area contributed by atoms with Crippen molar-refractivity contribution in [2.75, 3.05) is 0 Å². The number of rotatable bonds is 3. The first kappa shape index (κ1) is 20.1. The molecule has 1 fully saturated rings. The smallest absolute Gasteiger partial charge is 0.329 e. The van der Waals surface area contributed by atoms with Crippen LogP contribution >= 0.6 is 0 Å². The fourth-order valence-electron chi connectivity index (χ4n) is 3.08. The zero-order valence-electron chi connectivity index (χ0n) is 15.5. The van der Waals surface area contributed by atoms with E-state index in [0.29, 0.717) is 0 Å². The minimum atomic E-state index is -0.715. The topological polar surface area (TPSA) is 83.5 Å². The molecule has 1 aromatic rings. The predicted molar refractivity (Wildman–Crippen MR) is 102 cm³/mol. The Kier molecular flexibility index (Phi) is 9.40. The number of hydrogen-bond donors (Lipinski definition) is 2. The second kappa shape index (κ2) is 12.2. The van der Waals surface area contributed by atoms with Gasteiger partial charge in [-0.3, -0.25) is 14.6 Å². The SMILES string of the molecule is O=C(NCc1cccnc1)C(=O)NN=C1CCCCCCCCCCC1. The number of nitrogens with one attached hydrogen (secondary N) is 2. The van der Waals surface area contributed by atoms with Gasteiger partial charge in [0.05, 0.1) is 0 Å². The molecule has 0 bridgehead atoms. The van der Waals surface area contributed by atoms with Gasteiger partial charge in [0, 0.05) is 24.7 Å². The highest BCUT2D eigenvalue weighted by molar-refractivity contribution is 6.35. The normalized spacial score (nSPS) is 16.7. The largest absolute Gasteiger partial charge is 0.344 e. The molecular weight excluding hydrogens is 328 g/mol. The van der Waals surface area contributed by atoms with Crippen molar-refractivity contribution in [1.82, 2.24) is 15.7 Å². The van der Waals surface area contributed by atoms with E-state index in [1.807, 2.05) is 6.07 Å². The summed E-state index contributed by atoms with van der Waals surface area (Å²) < 4.78 is 0. The molecule has 0 aromatic carbocycles. The average Bonchev–Trinajstić information content (AvgIpc) is 2.66. The molecule has 0 unspecified atom stereocenters. The molecular formula is C20H30N4O2. The highest BCUT2D eigenvalue weighted by Crippen LogP contribution is 2.15. The first-order chi connectivity index (χ1) is 12.8. The Balaban J connectivity index is 1.77. The Bertz CT molecular complexity index is 573. The summed E-state index contributed by atoms with van der Waals surface area (Å²) >= 11 is 0. The molecule has 0 radical (unpaired) electrons. The van der Waals surface area contributed by atoms with E-state index in [0.717, 1.165) is 37.0 Å². The van der Waals surface area contributed by atoms with E-state index in [-0.39, 0.29) is 6.54 Å². The van der Waals surface area contributed by atoms with Gasteiger partial charge in [-0.05, 0) is 37.3 Å². The van der Waals surface area contributed by atoms with Crippen molar-refractivity contribution in [2.45, 2.75) is 77.2 Å². The van der Waals surface area contributed by atoms with Crippen molar-refractivity contribution in [3.05, 3.63) is 30.1 Å². The van der Waals surface area contributed by atoms with Gasteiger partial charge in [0.15, 0.2) is 0 Å². The van der Waals surface area contributed by atoms with Crippen LogP contribution in [0.4, 0.5) is 0 Å². The Morgan fingerprint density at radius 2 is 1.54 bits per heavy atom. The maximum atomic E-state index is 11.9. The highest BCUT2D eigenvalue weighted by Gasteiger charge is 2.13. The maximum absolute atomic E-state index is 11.9. The number of pyridine rings is 1. The summed E-state index contributed by atoms with van der Waals surface area (Å²) in [6, 6.07) is 3.63. The zero-order valence-corrected chi connectivity index (χ0v) is 15.5. The summed E-state index contributed by atoms with van der Waals surface area (Å²) in [6.45, 7) is 0.274. The standard InChI is InChI=1S/C20H30N4O2/c25-19(22-16-17-11-10-14-21-15-17)20(26)24-23-18-12-8-6-4-2-1-3-5-7-9-13-18/h10-11,14-15H,1-9,12-13,16H2,(H,22,25)(H,24,26). The number of carbonyl (C=O) groups is 2. The second-order valence-electron chi connectivity index (χ2n) is 6.84. The predicted octanol–water partition coefficient (Wildman–Crippen LogP) is 3.47. The van der Waals surface area contributed by atoms with E-state index in [4.69, 9.17) is 0 Å². The molecule has 0 spiro atoms. The number of aromatic nitrogens is 1. The maximum Gasteiger partial charge on any atom is 0.329 e. The van der Waals surface area contributed by atoms with Crippen molar-refractivity contribution in [2.24, 2.45) is 5.10 Å². The lowest BCUT2D eigenvalue weighted by Gasteiger charge is -2.10. The highest BCUT2D eigenvalue weighted by atomic mass is 16.2. The van der Waals surface area contributed by atoms with Gasteiger partial charge < -0.3 is 5.32 Å². The molecule has 1 heterocycles. The van der Waals surface area contributed by atoms with Crippen molar-refractivity contribution in [3.63, 3.8) is 0 Å². The number of hydrazone groups is 1. The van der Waals surface area contributed by atoms with Crippen LogP contribution in [0.15, 0.2) is 29.6 Å². The summed E-state index contributed by atoms with van der Waals surface area (Å²) in [4.78, 5) is 27.8. The van der Waals surface area contributed by atoms with Crippen molar-refractivity contribution in [1.29, 1.82) is 0 Å². The third-order valence-electron chi connectivity index (χ3n) is 4.63. The van der Waals surface area contributed by atoms with Gasteiger partial charge in [-0.1, -0.05) is 51.0 Å². The monoisotopic (exact) mass is 358 g/mol. The lowest BCUT2D eigenvalue weighted by atomic mass is 10.00. The van der Waals surface area contributed by atoms with Gasteiger partial charge in [-0.25, -0.2) is 5.43 Å². The Labute approximate surface area is 155 Å². The van der Waals surface area contributed by atoms with Crippen molar-refractivity contribution >= 4 is 17.5 Å². The van der Waals surface area contributed by atoms with Gasteiger partial charge in [-0.15, -0.1) is 0 Å². The average molecular weight is 358 g/mol. The molecule has 6 nitrogen and oxygen atoms in total. The fourth-order valence-corrected chi connectivity index (χ4v) is 3.08.